The van der Waals surface area contributed by atoms with Gasteiger partial charge in [-0.15, -0.1) is 0 Å². The predicted octanol–water partition coefficient (Wildman–Crippen LogP) is 0.168. The molecule has 0 rings (SSSR count). The molecule has 0 aromatic rings. The van der Waals surface area contributed by atoms with E-state index in [-0.39, 0.29) is 0 Å². The maximum absolute atomic E-state index is 5.86. The van der Waals surface area contributed by atoms with E-state index in [1.54, 1.807) is 0 Å². The average Bonchev–Trinajstić information content (AvgIpc) is 1.71. The van der Waals surface area contributed by atoms with Crippen molar-refractivity contribution in [3.8, 4) is 0 Å². The van der Waals surface area contributed by atoms with Gasteiger partial charge < -0.3 is 11.1 Å². The smallest absolute Gasteiger partial charge is 0.0765 e. The number of rotatable bonds is 2. The Morgan fingerprint density at radius 1 is 1.50 bits per heavy atom. The van der Waals surface area contributed by atoms with Gasteiger partial charge in [0, 0.05) is 0 Å². The second kappa shape index (κ2) is 16.1. The first-order chi connectivity index (χ1) is 3.83. The maximum atomic E-state index is 5.86. The van der Waals surface area contributed by atoms with Gasteiger partial charge >= 0.3 is 0 Å². The average molecular weight is 117 g/mol. The fourth-order valence-corrected chi connectivity index (χ4v) is 0.250. The van der Waals surface area contributed by atoms with Crippen molar-refractivity contribution in [2.75, 3.05) is 13.1 Å². The first kappa shape index (κ1) is 10.4. The molecule has 4 N–H and O–H groups in total. The normalized spacial score (nSPS) is 6.75. The van der Waals surface area contributed by atoms with Crippen molar-refractivity contribution >= 4 is 6.34 Å². The monoisotopic (exact) mass is 117 g/mol. The molecule has 0 radical (unpaired) electrons. The number of nitrogens with one attached hydrogen (secondary N) is 2. The molecule has 3 heteroatoms. The SMILES string of the molecule is CCNCC.N=CN. The summed E-state index contributed by atoms with van der Waals surface area (Å²) in [6.45, 7) is 6.39. The van der Waals surface area contributed by atoms with Gasteiger partial charge in [-0.1, -0.05) is 13.8 Å². The van der Waals surface area contributed by atoms with Gasteiger partial charge in [-0.25, -0.2) is 0 Å². The van der Waals surface area contributed by atoms with Gasteiger partial charge in [-0.3, -0.25) is 5.41 Å². The third-order valence-electron chi connectivity index (χ3n) is 0.500. The summed E-state index contributed by atoms with van der Waals surface area (Å²) in [5.41, 5.74) is 4.39. The Hall–Kier alpha value is -0.570. The van der Waals surface area contributed by atoms with Crippen molar-refractivity contribution in [3.05, 3.63) is 0 Å². The molecule has 0 saturated carbocycles. The minimum absolute atomic E-state index is 0.750. The summed E-state index contributed by atoms with van der Waals surface area (Å²) in [6, 6.07) is 0. The van der Waals surface area contributed by atoms with E-state index in [0.717, 1.165) is 19.4 Å². The van der Waals surface area contributed by atoms with Crippen LogP contribution in [0.1, 0.15) is 13.8 Å². The highest BCUT2D eigenvalue weighted by Crippen LogP contribution is 1.47. The van der Waals surface area contributed by atoms with Crippen molar-refractivity contribution < 1.29 is 0 Å². The predicted molar refractivity (Wildman–Crippen MR) is 37.2 cm³/mol. The molecule has 0 saturated heterocycles. The number of nitrogens with two attached hydrogens (primary N) is 1. The van der Waals surface area contributed by atoms with Crippen LogP contribution in [0, 0.1) is 5.41 Å². The molecule has 0 aromatic carbocycles. The molecule has 0 spiro atoms. The Kier molecular flexibility index (Phi) is 21.0. The highest BCUT2D eigenvalue weighted by molar-refractivity contribution is 5.46. The molecule has 50 valence electrons. The van der Waals surface area contributed by atoms with E-state index in [2.05, 4.69) is 24.9 Å². The molecule has 3 nitrogen and oxygen atoms in total. The number of hydrogen-bond acceptors (Lipinski definition) is 2. The zero-order valence-corrected chi connectivity index (χ0v) is 5.57. The van der Waals surface area contributed by atoms with Crippen molar-refractivity contribution in [2.45, 2.75) is 13.8 Å². The van der Waals surface area contributed by atoms with Crippen molar-refractivity contribution in [3.63, 3.8) is 0 Å². The third kappa shape index (κ3) is 52.1. The van der Waals surface area contributed by atoms with Crippen LogP contribution < -0.4 is 11.1 Å². The summed E-state index contributed by atoms with van der Waals surface area (Å²) in [6.07, 6.45) is 0.750. The Morgan fingerprint density at radius 3 is 1.75 bits per heavy atom. The Labute approximate surface area is 50.8 Å². The first-order valence-electron chi connectivity index (χ1n) is 2.74. The lowest BCUT2D eigenvalue weighted by molar-refractivity contribution is 0.762. The van der Waals surface area contributed by atoms with E-state index in [4.69, 9.17) is 5.41 Å². The van der Waals surface area contributed by atoms with Gasteiger partial charge in [0.25, 0.3) is 0 Å². The van der Waals surface area contributed by atoms with Crippen LogP contribution in [-0.4, -0.2) is 19.4 Å². The summed E-state index contributed by atoms with van der Waals surface area (Å²) in [7, 11) is 0. The van der Waals surface area contributed by atoms with Crippen LogP contribution >= 0.6 is 0 Å². The highest BCUT2D eigenvalue weighted by atomic mass is 14.8. The zero-order chi connectivity index (χ0) is 6.83. The van der Waals surface area contributed by atoms with E-state index in [1.807, 2.05) is 0 Å². The molecule has 0 aliphatic rings. The summed E-state index contributed by atoms with van der Waals surface area (Å²) < 4.78 is 0. The lowest BCUT2D eigenvalue weighted by atomic mass is 10.7. The minimum Gasteiger partial charge on any atom is -0.390 e. The lowest BCUT2D eigenvalue weighted by Crippen LogP contribution is -2.09. The Bertz CT molecular complexity index is 34.7. The maximum Gasteiger partial charge on any atom is 0.0765 e. The molecular formula is C5H15N3. The molecular weight excluding hydrogens is 102 g/mol. The topological polar surface area (TPSA) is 61.9 Å². The molecule has 8 heavy (non-hydrogen) atoms. The van der Waals surface area contributed by atoms with Crippen molar-refractivity contribution in [1.82, 2.24) is 5.32 Å². The van der Waals surface area contributed by atoms with E-state index in [1.165, 1.54) is 0 Å². The quantitative estimate of drug-likeness (QED) is 0.356. The van der Waals surface area contributed by atoms with Gasteiger partial charge in [0.05, 0.1) is 6.34 Å². The van der Waals surface area contributed by atoms with Crippen LogP contribution in [0.3, 0.4) is 0 Å². The van der Waals surface area contributed by atoms with Crippen LogP contribution in [-0.2, 0) is 0 Å². The van der Waals surface area contributed by atoms with Gasteiger partial charge in [-0.2, -0.15) is 0 Å². The molecule has 0 heterocycles. The van der Waals surface area contributed by atoms with Crippen LogP contribution in [0.25, 0.3) is 0 Å². The largest absolute Gasteiger partial charge is 0.390 e. The second-order valence-electron chi connectivity index (χ2n) is 1.12. The summed E-state index contributed by atoms with van der Waals surface area (Å²) in [5.74, 6) is 0. The minimum atomic E-state index is 0.750. The summed E-state index contributed by atoms with van der Waals surface area (Å²) >= 11 is 0. The summed E-state index contributed by atoms with van der Waals surface area (Å²) in [5, 5.41) is 8.97. The molecule has 0 bridgehead atoms. The molecule has 0 fully saturated rings. The van der Waals surface area contributed by atoms with Crippen LogP contribution in [0.5, 0.6) is 0 Å². The molecule has 0 amide bonds. The van der Waals surface area contributed by atoms with Gasteiger partial charge in [0.15, 0.2) is 0 Å². The van der Waals surface area contributed by atoms with Crippen molar-refractivity contribution in [1.29, 1.82) is 5.41 Å². The third-order valence-corrected chi connectivity index (χ3v) is 0.500. The molecule has 0 atom stereocenters. The van der Waals surface area contributed by atoms with Gasteiger partial charge in [0.2, 0.25) is 0 Å². The highest BCUT2D eigenvalue weighted by Gasteiger charge is 1.62. The summed E-state index contributed by atoms with van der Waals surface area (Å²) in [4.78, 5) is 0. The first-order valence-corrected chi connectivity index (χ1v) is 2.74. The van der Waals surface area contributed by atoms with Gasteiger partial charge in [-0.05, 0) is 13.1 Å². The van der Waals surface area contributed by atoms with E-state index in [9.17, 15) is 0 Å². The Balaban J connectivity index is 0. The van der Waals surface area contributed by atoms with Crippen LogP contribution in [0.2, 0.25) is 0 Å². The van der Waals surface area contributed by atoms with Crippen molar-refractivity contribution in [2.24, 2.45) is 5.73 Å². The molecule has 0 aromatic heterocycles. The molecule has 0 aliphatic heterocycles. The standard InChI is InChI=1S/C4H11N.CH4N2/c1-3-5-4-2;2-1-3/h5H,3-4H2,1-2H3;1H,(H3,2,3). The number of hydrogen-bond donors (Lipinski definition) is 3. The fourth-order valence-electron chi connectivity index (χ4n) is 0.250. The van der Waals surface area contributed by atoms with Crippen LogP contribution in [0.4, 0.5) is 0 Å². The second-order valence-corrected chi connectivity index (χ2v) is 1.12. The van der Waals surface area contributed by atoms with E-state index >= 15 is 0 Å². The zero-order valence-electron chi connectivity index (χ0n) is 5.57. The van der Waals surface area contributed by atoms with Gasteiger partial charge in [0.1, 0.15) is 0 Å². The molecule has 0 aliphatic carbocycles. The molecule has 0 unspecified atom stereocenters. The van der Waals surface area contributed by atoms with E-state index < -0.39 is 0 Å². The lowest BCUT2D eigenvalue weighted by Gasteiger charge is -1.86. The fraction of sp³-hybridized carbons (Fsp3) is 0.800. The van der Waals surface area contributed by atoms with Crippen LogP contribution in [0.15, 0.2) is 0 Å². The van der Waals surface area contributed by atoms with E-state index in [0.29, 0.717) is 0 Å². The Morgan fingerprint density at radius 2 is 1.75 bits per heavy atom.